The van der Waals surface area contributed by atoms with E-state index in [0.717, 1.165) is 6.42 Å². The predicted octanol–water partition coefficient (Wildman–Crippen LogP) is 0.650. The van der Waals surface area contributed by atoms with Crippen LogP contribution in [0.5, 0.6) is 0 Å². The predicted molar refractivity (Wildman–Crippen MR) is 57.7 cm³/mol. The molecule has 0 fully saturated rings. The normalized spacial score (nSPS) is 23.6. The first kappa shape index (κ1) is 11.7. The van der Waals surface area contributed by atoms with Crippen LogP contribution >= 0.6 is 0 Å². The molecule has 0 aromatic heterocycles. The van der Waals surface area contributed by atoms with Gasteiger partial charge in [-0.25, -0.2) is 0 Å². The van der Waals surface area contributed by atoms with E-state index in [4.69, 9.17) is 11.0 Å². The lowest BCUT2D eigenvalue weighted by atomic mass is 9.98. The molecule has 0 saturated carbocycles. The topological polar surface area (TPSA) is 70.1 Å². The van der Waals surface area contributed by atoms with E-state index in [1.54, 1.807) is 6.08 Å². The van der Waals surface area contributed by atoms with E-state index in [0.29, 0.717) is 6.54 Å². The van der Waals surface area contributed by atoms with Crippen molar-refractivity contribution in [3.63, 3.8) is 0 Å². The number of amides is 1. The summed E-state index contributed by atoms with van der Waals surface area (Å²) in [4.78, 5) is 13.4. The van der Waals surface area contributed by atoms with Crippen molar-refractivity contribution < 1.29 is 4.79 Å². The summed E-state index contributed by atoms with van der Waals surface area (Å²) in [5, 5.41) is 8.83. The van der Waals surface area contributed by atoms with E-state index in [1.165, 1.54) is 4.90 Å². The number of hydrogen-bond donors (Lipinski definition) is 1. The molecule has 1 amide bonds. The SMILES string of the molecule is CCC(C)C(N)C(=O)N1CC=CC1C#N. The molecule has 4 heteroatoms. The zero-order chi connectivity index (χ0) is 11.4. The van der Waals surface area contributed by atoms with Gasteiger partial charge in [0.25, 0.3) is 0 Å². The molecular formula is C11H17N3O. The highest BCUT2D eigenvalue weighted by molar-refractivity contribution is 5.83. The third kappa shape index (κ3) is 2.37. The zero-order valence-corrected chi connectivity index (χ0v) is 9.18. The number of hydrogen-bond acceptors (Lipinski definition) is 3. The lowest BCUT2D eigenvalue weighted by Gasteiger charge is -2.26. The fourth-order valence-electron chi connectivity index (χ4n) is 1.55. The van der Waals surface area contributed by atoms with Crippen LogP contribution in [0.15, 0.2) is 12.2 Å². The van der Waals surface area contributed by atoms with Crippen LogP contribution in [0.4, 0.5) is 0 Å². The van der Waals surface area contributed by atoms with Gasteiger partial charge in [0.1, 0.15) is 6.04 Å². The van der Waals surface area contributed by atoms with Crippen LogP contribution in [-0.4, -0.2) is 29.4 Å². The standard InChI is InChI=1S/C11H17N3O/c1-3-8(2)10(13)11(15)14-6-4-5-9(14)7-12/h4-5,8-10H,3,6,13H2,1-2H3. The van der Waals surface area contributed by atoms with E-state index in [-0.39, 0.29) is 11.8 Å². The first-order chi connectivity index (χ1) is 7.11. The minimum atomic E-state index is -0.495. The van der Waals surface area contributed by atoms with E-state index in [1.807, 2.05) is 19.9 Å². The average Bonchev–Trinajstić information content (AvgIpc) is 2.73. The smallest absolute Gasteiger partial charge is 0.241 e. The maximum Gasteiger partial charge on any atom is 0.241 e. The van der Waals surface area contributed by atoms with Gasteiger partial charge in [-0.1, -0.05) is 26.3 Å². The Balaban J connectivity index is 2.66. The molecule has 0 bridgehead atoms. The van der Waals surface area contributed by atoms with Gasteiger partial charge in [-0.15, -0.1) is 0 Å². The van der Waals surface area contributed by atoms with Crippen LogP contribution in [0.2, 0.25) is 0 Å². The van der Waals surface area contributed by atoms with Crippen molar-refractivity contribution in [3.05, 3.63) is 12.2 Å². The molecular weight excluding hydrogens is 190 g/mol. The fraction of sp³-hybridized carbons (Fsp3) is 0.636. The highest BCUT2D eigenvalue weighted by Gasteiger charge is 2.30. The largest absolute Gasteiger partial charge is 0.320 e. The first-order valence-electron chi connectivity index (χ1n) is 5.24. The Kier molecular flexibility index (Phi) is 3.87. The summed E-state index contributed by atoms with van der Waals surface area (Å²) < 4.78 is 0. The van der Waals surface area contributed by atoms with Gasteiger partial charge in [0.05, 0.1) is 12.1 Å². The molecule has 0 aromatic rings. The van der Waals surface area contributed by atoms with Gasteiger partial charge >= 0.3 is 0 Å². The second kappa shape index (κ2) is 4.94. The molecule has 0 spiro atoms. The molecule has 3 unspecified atom stereocenters. The highest BCUT2D eigenvalue weighted by Crippen LogP contribution is 2.14. The Hall–Kier alpha value is -1.34. The molecule has 0 aromatic carbocycles. The van der Waals surface area contributed by atoms with E-state index < -0.39 is 12.1 Å². The van der Waals surface area contributed by atoms with Gasteiger partial charge in [-0.05, 0) is 12.0 Å². The van der Waals surface area contributed by atoms with Gasteiger partial charge in [-0.3, -0.25) is 4.79 Å². The van der Waals surface area contributed by atoms with E-state index in [2.05, 4.69) is 6.07 Å². The highest BCUT2D eigenvalue weighted by atomic mass is 16.2. The molecule has 1 rings (SSSR count). The summed E-state index contributed by atoms with van der Waals surface area (Å²) in [6.07, 6.45) is 4.43. The van der Waals surface area contributed by atoms with E-state index >= 15 is 0 Å². The molecule has 1 heterocycles. The third-order valence-electron chi connectivity index (χ3n) is 2.91. The fourth-order valence-corrected chi connectivity index (χ4v) is 1.55. The van der Waals surface area contributed by atoms with Crippen LogP contribution in [0.1, 0.15) is 20.3 Å². The van der Waals surface area contributed by atoms with Crippen LogP contribution in [0.3, 0.4) is 0 Å². The van der Waals surface area contributed by atoms with Crippen molar-refractivity contribution in [2.24, 2.45) is 11.7 Å². The van der Waals surface area contributed by atoms with Gasteiger partial charge < -0.3 is 10.6 Å². The quantitative estimate of drug-likeness (QED) is 0.691. The second-order valence-electron chi connectivity index (χ2n) is 3.90. The van der Waals surface area contributed by atoms with Crippen LogP contribution < -0.4 is 5.73 Å². The number of rotatable bonds is 3. The Bertz CT molecular complexity index is 305. The summed E-state index contributed by atoms with van der Waals surface area (Å²) in [6.45, 7) is 4.45. The number of nitrogens with two attached hydrogens (primary N) is 1. The summed E-state index contributed by atoms with van der Waals surface area (Å²) >= 11 is 0. The van der Waals surface area contributed by atoms with Gasteiger partial charge in [0, 0.05) is 6.54 Å². The van der Waals surface area contributed by atoms with Gasteiger partial charge in [0.15, 0.2) is 0 Å². The van der Waals surface area contributed by atoms with E-state index in [9.17, 15) is 4.79 Å². The minimum absolute atomic E-state index is 0.124. The maximum absolute atomic E-state index is 11.9. The molecule has 1 aliphatic heterocycles. The molecule has 3 atom stereocenters. The lowest BCUT2D eigenvalue weighted by Crippen LogP contribution is -2.48. The molecule has 1 aliphatic rings. The molecule has 2 N–H and O–H groups in total. The van der Waals surface area contributed by atoms with Crippen molar-refractivity contribution >= 4 is 5.91 Å². The summed E-state index contributed by atoms with van der Waals surface area (Å²) in [5.41, 5.74) is 5.84. The number of nitrogens with zero attached hydrogens (tertiary/aromatic N) is 2. The van der Waals surface area contributed by atoms with Crippen molar-refractivity contribution in [3.8, 4) is 6.07 Å². The molecule has 82 valence electrons. The first-order valence-corrected chi connectivity index (χ1v) is 5.24. The van der Waals surface area contributed by atoms with Crippen molar-refractivity contribution in [2.45, 2.75) is 32.4 Å². The molecule has 0 saturated heterocycles. The van der Waals surface area contributed by atoms with Crippen molar-refractivity contribution in [1.29, 1.82) is 5.26 Å². The monoisotopic (exact) mass is 207 g/mol. The molecule has 0 aliphatic carbocycles. The second-order valence-corrected chi connectivity index (χ2v) is 3.90. The Morgan fingerprint density at radius 2 is 2.47 bits per heavy atom. The van der Waals surface area contributed by atoms with Crippen molar-refractivity contribution in [2.75, 3.05) is 6.54 Å². The molecule has 4 nitrogen and oxygen atoms in total. The van der Waals surface area contributed by atoms with Gasteiger partial charge in [-0.2, -0.15) is 5.26 Å². The molecule has 15 heavy (non-hydrogen) atoms. The minimum Gasteiger partial charge on any atom is -0.320 e. The van der Waals surface area contributed by atoms with Crippen LogP contribution in [-0.2, 0) is 4.79 Å². The van der Waals surface area contributed by atoms with Crippen LogP contribution in [0, 0.1) is 17.2 Å². The van der Waals surface area contributed by atoms with Crippen LogP contribution in [0.25, 0.3) is 0 Å². The third-order valence-corrected chi connectivity index (χ3v) is 2.91. The van der Waals surface area contributed by atoms with Gasteiger partial charge in [0.2, 0.25) is 5.91 Å². The number of carbonyl (C=O) groups is 1. The zero-order valence-electron chi connectivity index (χ0n) is 9.18. The van der Waals surface area contributed by atoms with Crippen molar-refractivity contribution in [1.82, 2.24) is 4.90 Å². The Morgan fingerprint density at radius 3 is 3.00 bits per heavy atom. The lowest BCUT2D eigenvalue weighted by molar-refractivity contribution is -0.133. The number of carbonyl (C=O) groups excluding carboxylic acids is 1. The summed E-state index contributed by atoms with van der Waals surface area (Å²) in [7, 11) is 0. The summed E-state index contributed by atoms with van der Waals surface area (Å²) in [5.74, 6) is 0.0262. The Labute approximate surface area is 90.3 Å². The number of nitriles is 1. The Morgan fingerprint density at radius 1 is 1.80 bits per heavy atom. The molecule has 0 radical (unpaired) electrons. The maximum atomic E-state index is 11.9. The summed E-state index contributed by atoms with van der Waals surface area (Å²) in [6, 6.07) is 1.14. The average molecular weight is 207 g/mol.